The molecule has 28 heavy (non-hydrogen) atoms. The SMILES string of the molecule is CN=C(NCc1nc(-c2cccc(Cl)c2)no1)NC1CCc2nc(C)nn2C1. The zero-order valence-corrected chi connectivity index (χ0v) is 16.4. The average Bonchev–Trinajstić information content (AvgIpc) is 3.30. The van der Waals surface area contributed by atoms with Gasteiger partial charge in [-0.1, -0.05) is 28.9 Å². The first-order chi connectivity index (χ1) is 13.6. The molecule has 0 spiro atoms. The van der Waals surface area contributed by atoms with Gasteiger partial charge in [-0.2, -0.15) is 10.1 Å². The second-order valence-electron chi connectivity index (χ2n) is 6.59. The van der Waals surface area contributed by atoms with E-state index in [2.05, 4.69) is 35.8 Å². The summed E-state index contributed by atoms with van der Waals surface area (Å²) >= 11 is 6.02. The van der Waals surface area contributed by atoms with Crippen LogP contribution in [0.1, 0.15) is 24.0 Å². The Morgan fingerprint density at radius 1 is 1.39 bits per heavy atom. The number of guanidine groups is 1. The summed E-state index contributed by atoms with van der Waals surface area (Å²) in [5.41, 5.74) is 0.811. The topological polar surface area (TPSA) is 106 Å². The minimum Gasteiger partial charge on any atom is -0.352 e. The lowest BCUT2D eigenvalue weighted by Gasteiger charge is -2.25. The molecule has 1 aromatic carbocycles. The Balaban J connectivity index is 1.34. The second-order valence-corrected chi connectivity index (χ2v) is 7.02. The van der Waals surface area contributed by atoms with E-state index in [1.54, 1.807) is 19.2 Å². The number of hydrogen-bond acceptors (Lipinski definition) is 6. The van der Waals surface area contributed by atoms with Gasteiger partial charge in [0.2, 0.25) is 11.7 Å². The first kappa shape index (κ1) is 18.4. The van der Waals surface area contributed by atoms with E-state index in [1.165, 1.54) is 0 Å². The van der Waals surface area contributed by atoms with E-state index in [0.29, 0.717) is 29.2 Å². The van der Waals surface area contributed by atoms with Gasteiger partial charge in [0.25, 0.3) is 0 Å². The summed E-state index contributed by atoms with van der Waals surface area (Å²) in [5.74, 6) is 3.50. The monoisotopic (exact) mass is 400 g/mol. The fraction of sp³-hybridized carbons (Fsp3) is 0.389. The van der Waals surface area contributed by atoms with Crippen molar-refractivity contribution >= 4 is 17.6 Å². The van der Waals surface area contributed by atoms with Crippen molar-refractivity contribution in [1.29, 1.82) is 0 Å². The molecule has 0 saturated carbocycles. The van der Waals surface area contributed by atoms with Crippen LogP contribution < -0.4 is 10.6 Å². The molecule has 0 fully saturated rings. The maximum absolute atomic E-state index is 6.02. The average molecular weight is 401 g/mol. The van der Waals surface area contributed by atoms with Crippen LogP contribution in [0.5, 0.6) is 0 Å². The largest absolute Gasteiger partial charge is 0.352 e. The molecule has 4 rings (SSSR count). The molecule has 0 bridgehead atoms. The highest BCUT2D eigenvalue weighted by Crippen LogP contribution is 2.19. The Kier molecular flexibility index (Phi) is 5.25. The number of halogens is 1. The molecular weight excluding hydrogens is 380 g/mol. The van der Waals surface area contributed by atoms with Crippen molar-refractivity contribution in [3.8, 4) is 11.4 Å². The molecule has 9 nitrogen and oxygen atoms in total. The molecule has 0 saturated heterocycles. The van der Waals surface area contributed by atoms with Crippen LogP contribution in [0.15, 0.2) is 33.8 Å². The predicted octanol–water partition coefficient (Wildman–Crippen LogP) is 1.97. The van der Waals surface area contributed by atoms with Crippen LogP contribution in [-0.2, 0) is 19.5 Å². The minimum absolute atomic E-state index is 0.226. The quantitative estimate of drug-likeness (QED) is 0.509. The van der Waals surface area contributed by atoms with Crippen LogP contribution in [0.25, 0.3) is 11.4 Å². The van der Waals surface area contributed by atoms with Gasteiger partial charge in [0.1, 0.15) is 11.6 Å². The van der Waals surface area contributed by atoms with E-state index in [1.807, 2.05) is 23.7 Å². The molecule has 2 N–H and O–H groups in total. The summed E-state index contributed by atoms with van der Waals surface area (Å²) in [7, 11) is 1.73. The number of aromatic nitrogens is 5. The third-order valence-electron chi connectivity index (χ3n) is 4.49. The Hall–Kier alpha value is -2.94. The van der Waals surface area contributed by atoms with Crippen LogP contribution in [0.3, 0.4) is 0 Å². The van der Waals surface area contributed by atoms with Gasteiger partial charge in [0.15, 0.2) is 5.96 Å². The zero-order chi connectivity index (χ0) is 19.5. The predicted molar refractivity (Wildman–Crippen MR) is 105 cm³/mol. The summed E-state index contributed by atoms with van der Waals surface area (Å²) in [5, 5.41) is 15.7. The zero-order valence-electron chi connectivity index (χ0n) is 15.7. The Morgan fingerprint density at radius 3 is 3.11 bits per heavy atom. The Labute approximate surface area is 167 Å². The third kappa shape index (κ3) is 4.14. The number of aliphatic imine (C=N–C) groups is 1. The van der Waals surface area contributed by atoms with Crippen molar-refractivity contribution in [3.63, 3.8) is 0 Å². The number of benzene rings is 1. The molecule has 1 aliphatic heterocycles. The normalized spacial score (nSPS) is 16.7. The minimum atomic E-state index is 0.226. The maximum atomic E-state index is 6.02. The van der Waals surface area contributed by atoms with Gasteiger partial charge in [-0.15, -0.1) is 0 Å². The Morgan fingerprint density at radius 2 is 2.29 bits per heavy atom. The molecule has 2 aromatic heterocycles. The second kappa shape index (κ2) is 7.97. The molecule has 1 aliphatic rings. The van der Waals surface area contributed by atoms with E-state index in [9.17, 15) is 0 Å². The fourth-order valence-corrected chi connectivity index (χ4v) is 3.36. The maximum Gasteiger partial charge on any atom is 0.246 e. The molecule has 0 amide bonds. The Bertz CT molecular complexity index is 995. The molecule has 3 heterocycles. The van der Waals surface area contributed by atoms with Crippen LogP contribution >= 0.6 is 11.6 Å². The standard InChI is InChI=1S/C18H21ClN8O/c1-11-22-15-7-6-14(10-27(15)25-11)23-18(20-2)21-9-16-24-17(26-28-16)12-4-3-5-13(19)8-12/h3-5,8,14H,6-7,9-10H2,1-2H3,(H2,20,21,23). The van der Waals surface area contributed by atoms with Gasteiger partial charge in [0, 0.05) is 30.1 Å². The summed E-state index contributed by atoms with van der Waals surface area (Å²) in [6.45, 7) is 3.04. The van der Waals surface area contributed by atoms with Crippen LogP contribution in [0, 0.1) is 6.92 Å². The van der Waals surface area contributed by atoms with Crippen LogP contribution in [0.4, 0.5) is 0 Å². The van der Waals surface area contributed by atoms with Crippen molar-refractivity contribution < 1.29 is 4.52 Å². The summed E-state index contributed by atoms with van der Waals surface area (Å²) in [4.78, 5) is 13.1. The lowest BCUT2D eigenvalue weighted by Crippen LogP contribution is -2.46. The number of aryl methyl sites for hydroxylation is 2. The molecule has 146 valence electrons. The number of hydrogen-bond donors (Lipinski definition) is 2. The van der Waals surface area contributed by atoms with Gasteiger partial charge in [0.05, 0.1) is 13.1 Å². The highest BCUT2D eigenvalue weighted by molar-refractivity contribution is 6.30. The fourth-order valence-electron chi connectivity index (χ4n) is 3.17. The number of nitrogens with zero attached hydrogens (tertiary/aromatic N) is 6. The van der Waals surface area contributed by atoms with Gasteiger partial charge in [-0.25, -0.2) is 9.67 Å². The van der Waals surface area contributed by atoms with Crippen LogP contribution in [-0.4, -0.2) is 44.0 Å². The highest BCUT2D eigenvalue weighted by atomic mass is 35.5. The summed E-state index contributed by atoms with van der Waals surface area (Å²) in [6, 6.07) is 7.57. The first-order valence-electron chi connectivity index (χ1n) is 9.07. The van der Waals surface area contributed by atoms with Gasteiger partial charge in [-0.05, 0) is 25.5 Å². The van der Waals surface area contributed by atoms with Crippen molar-refractivity contribution in [1.82, 2.24) is 35.5 Å². The smallest absolute Gasteiger partial charge is 0.246 e. The summed E-state index contributed by atoms with van der Waals surface area (Å²) < 4.78 is 7.28. The van der Waals surface area contributed by atoms with E-state index >= 15 is 0 Å². The van der Waals surface area contributed by atoms with Gasteiger partial charge < -0.3 is 15.2 Å². The molecule has 0 aliphatic carbocycles. The van der Waals surface area contributed by atoms with E-state index < -0.39 is 0 Å². The first-order valence-corrected chi connectivity index (χ1v) is 9.44. The summed E-state index contributed by atoms with van der Waals surface area (Å²) in [6.07, 6.45) is 1.86. The molecular formula is C18H21ClN8O. The van der Waals surface area contributed by atoms with E-state index in [0.717, 1.165) is 36.6 Å². The van der Waals surface area contributed by atoms with Gasteiger partial charge in [-0.3, -0.25) is 4.99 Å². The van der Waals surface area contributed by atoms with Crippen molar-refractivity contribution in [2.24, 2.45) is 4.99 Å². The molecule has 1 unspecified atom stereocenters. The van der Waals surface area contributed by atoms with Crippen molar-refractivity contribution in [3.05, 3.63) is 46.8 Å². The number of rotatable bonds is 4. The molecule has 10 heteroatoms. The van der Waals surface area contributed by atoms with E-state index in [-0.39, 0.29) is 6.04 Å². The van der Waals surface area contributed by atoms with Crippen LogP contribution in [0.2, 0.25) is 5.02 Å². The highest BCUT2D eigenvalue weighted by Gasteiger charge is 2.21. The molecule has 3 aromatic rings. The number of nitrogens with one attached hydrogen (secondary N) is 2. The number of fused-ring (bicyclic) bond motifs is 1. The third-order valence-corrected chi connectivity index (χ3v) is 4.72. The van der Waals surface area contributed by atoms with Crippen molar-refractivity contribution in [2.45, 2.75) is 38.9 Å². The lowest BCUT2D eigenvalue weighted by atomic mass is 10.1. The lowest BCUT2D eigenvalue weighted by molar-refractivity contribution is 0.371. The van der Waals surface area contributed by atoms with E-state index in [4.69, 9.17) is 16.1 Å². The van der Waals surface area contributed by atoms with Crippen molar-refractivity contribution in [2.75, 3.05) is 7.05 Å². The molecule has 1 atom stereocenters. The molecule has 0 radical (unpaired) electrons. The van der Waals surface area contributed by atoms with Gasteiger partial charge >= 0.3 is 0 Å².